The van der Waals surface area contributed by atoms with Gasteiger partial charge in [-0.2, -0.15) is 4.31 Å². The van der Waals surface area contributed by atoms with Crippen LogP contribution in [0.15, 0.2) is 53.4 Å². The van der Waals surface area contributed by atoms with E-state index in [0.29, 0.717) is 18.7 Å². The van der Waals surface area contributed by atoms with Gasteiger partial charge in [0.1, 0.15) is 11.8 Å². The first kappa shape index (κ1) is 27.3. The number of methoxy groups -OCH3 is 1. The number of likely N-dealkylation sites (N-methyl/N-ethyl adjacent to an activating group) is 1. The average molecular weight is 490 g/mol. The topological polar surface area (TPSA) is 96.0 Å². The SMILES string of the molecule is CCCNC(=O)[C@@H](CC)N(Cc1ccc(OC)cc1)C(=O)CN(C)S(=O)(=O)c1ccc(C)cc1. The van der Waals surface area contributed by atoms with Crippen LogP contribution in [0.5, 0.6) is 5.75 Å². The van der Waals surface area contributed by atoms with Crippen molar-refractivity contribution in [3.8, 4) is 5.75 Å². The van der Waals surface area contributed by atoms with Crippen LogP contribution in [0, 0.1) is 6.92 Å². The monoisotopic (exact) mass is 489 g/mol. The number of carbonyl (C=O) groups is 2. The molecule has 0 saturated heterocycles. The number of nitrogens with one attached hydrogen (secondary N) is 1. The lowest BCUT2D eigenvalue weighted by atomic mass is 10.1. The third kappa shape index (κ3) is 7.04. The molecule has 1 atom stereocenters. The van der Waals surface area contributed by atoms with Gasteiger partial charge in [0, 0.05) is 20.1 Å². The van der Waals surface area contributed by atoms with Crippen LogP contribution in [0.4, 0.5) is 0 Å². The van der Waals surface area contributed by atoms with Gasteiger partial charge in [-0.25, -0.2) is 8.42 Å². The second kappa shape index (κ2) is 12.5. The summed E-state index contributed by atoms with van der Waals surface area (Å²) in [4.78, 5) is 27.8. The summed E-state index contributed by atoms with van der Waals surface area (Å²) >= 11 is 0. The predicted molar refractivity (Wildman–Crippen MR) is 132 cm³/mol. The maximum absolute atomic E-state index is 13.4. The number of aryl methyl sites for hydroxylation is 1. The smallest absolute Gasteiger partial charge is 0.243 e. The zero-order valence-corrected chi connectivity index (χ0v) is 21.4. The first-order valence-corrected chi connectivity index (χ1v) is 12.8. The third-order valence-electron chi connectivity index (χ3n) is 5.53. The van der Waals surface area contributed by atoms with Crippen LogP contribution in [0.2, 0.25) is 0 Å². The number of carbonyl (C=O) groups excluding carboxylic acids is 2. The fourth-order valence-corrected chi connectivity index (χ4v) is 4.59. The minimum Gasteiger partial charge on any atom is -0.497 e. The van der Waals surface area contributed by atoms with E-state index >= 15 is 0 Å². The highest BCUT2D eigenvalue weighted by atomic mass is 32.2. The molecule has 0 radical (unpaired) electrons. The maximum atomic E-state index is 13.4. The van der Waals surface area contributed by atoms with Crippen LogP contribution in [-0.4, -0.2) is 62.7 Å². The van der Waals surface area contributed by atoms with Crippen molar-refractivity contribution in [1.29, 1.82) is 0 Å². The zero-order valence-electron chi connectivity index (χ0n) is 20.6. The van der Waals surface area contributed by atoms with Crippen LogP contribution < -0.4 is 10.1 Å². The Balaban J connectivity index is 2.30. The van der Waals surface area contributed by atoms with Gasteiger partial charge in [-0.1, -0.05) is 43.7 Å². The van der Waals surface area contributed by atoms with E-state index in [2.05, 4.69) is 5.32 Å². The summed E-state index contributed by atoms with van der Waals surface area (Å²) in [6.45, 7) is 5.93. The molecule has 2 rings (SSSR count). The molecule has 0 heterocycles. The van der Waals surface area contributed by atoms with Gasteiger partial charge in [-0.05, 0) is 49.6 Å². The number of hydrogen-bond acceptors (Lipinski definition) is 5. The Morgan fingerprint density at radius 3 is 2.18 bits per heavy atom. The highest BCUT2D eigenvalue weighted by Gasteiger charge is 2.31. The van der Waals surface area contributed by atoms with Gasteiger partial charge in [-0.15, -0.1) is 0 Å². The van der Waals surface area contributed by atoms with E-state index in [4.69, 9.17) is 4.74 Å². The van der Waals surface area contributed by atoms with Crippen LogP contribution in [-0.2, 0) is 26.2 Å². The van der Waals surface area contributed by atoms with Gasteiger partial charge in [-0.3, -0.25) is 9.59 Å². The molecule has 0 bridgehead atoms. The van der Waals surface area contributed by atoms with Crippen molar-refractivity contribution < 1.29 is 22.7 Å². The van der Waals surface area contributed by atoms with Crippen molar-refractivity contribution in [3.05, 3.63) is 59.7 Å². The van der Waals surface area contributed by atoms with E-state index in [1.165, 1.54) is 24.1 Å². The minimum absolute atomic E-state index is 0.114. The van der Waals surface area contributed by atoms with Crippen molar-refractivity contribution in [2.24, 2.45) is 0 Å². The molecule has 0 aliphatic heterocycles. The predicted octanol–water partition coefficient (Wildman–Crippen LogP) is 2.96. The fraction of sp³-hybridized carbons (Fsp3) is 0.440. The second-order valence-electron chi connectivity index (χ2n) is 8.16. The van der Waals surface area contributed by atoms with Gasteiger partial charge in [0.15, 0.2) is 0 Å². The molecule has 1 N–H and O–H groups in total. The lowest BCUT2D eigenvalue weighted by Gasteiger charge is -2.32. The Morgan fingerprint density at radius 2 is 1.65 bits per heavy atom. The van der Waals surface area contributed by atoms with Crippen molar-refractivity contribution in [2.75, 3.05) is 27.2 Å². The molecule has 0 spiro atoms. The summed E-state index contributed by atoms with van der Waals surface area (Å²) in [5.41, 5.74) is 1.74. The normalized spacial score (nSPS) is 12.3. The third-order valence-corrected chi connectivity index (χ3v) is 7.35. The molecule has 0 aromatic heterocycles. The van der Waals surface area contributed by atoms with E-state index in [1.54, 1.807) is 31.4 Å². The molecular weight excluding hydrogens is 454 g/mol. The molecule has 34 heavy (non-hydrogen) atoms. The number of amides is 2. The summed E-state index contributed by atoms with van der Waals surface area (Å²) < 4.78 is 32.2. The summed E-state index contributed by atoms with van der Waals surface area (Å²) in [7, 11) is -0.923. The molecule has 0 fully saturated rings. The minimum atomic E-state index is -3.86. The largest absolute Gasteiger partial charge is 0.497 e. The highest BCUT2D eigenvalue weighted by Crippen LogP contribution is 2.19. The van der Waals surface area contributed by atoms with E-state index in [0.717, 1.165) is 21.9 Å². The van der Waals surface area contributed by atoms with Crippen molar-refractivity contribution >= 4 is 21.8 Å². The molecule has 0 aliphatic carbocycles. The van der Waals surface area contributed by atoms with Crippen molar-refractivity contribution in [3.63, 3.8) is 0 Å². The Labute approximate surface area is 202 Å². The van der Waals surface area contributed by atoms with Gasteiger partial charge >= 0.3 is 0 Å². The zero-order chi connectivity index (χ0) is 25.3. The summed E-state index contributed by atoms with van der Waals surface area (Å²) in [5.74, 6) is -0.0268. The van der Waals surface area contributed by atoms with Crippen LogP contribution in [0.1, 0.15) is 37.8 Å². The maximum Gasteiger partial charge on any atom is 0.243 e. The molecule has 186 valence electrons. The van der Waals surface area contributed by atoms with Crippen molar-refractivity contribution in [2.45, 2.75) is 51.1 Å². The summed E-state index contributed by atoms with van der Waals surface area (Å²) in [6, 6.07) is 12.9. The molecule has 2 aromatic carbocycles. The summed E-state index contributed by atoms with van der Waals surface area (Å²) in [6.07, 6.45) is 1.16. The van der Waals surface area contributed by atoms with Crippen LogP contribution in [0.3, 0.4) is 0 Å². The van der Waals surface area contributed by atoms with E-state index in [9.17, 15) is 18.0 Å². The van der Waals surface area contributed by atoms with E-state index < -0.39 is 22.0 Å². The lowest BCUT2D eigenvalue weighted by Crippen LogP contribution is -2.51. The second-order valence-corrected chi connectivity index (χ2v) is 10.2. The number of nitrogens with zero attached hydrogens (tertiary/aromatic N) is 2. The van der Waals surface area contributed by atoms with E-state index in [-0.39, 0.29) is 23.9 Å². The van der Waals surface area contributed by atoms with Gasteiger partial charge in [0.2, 0.25) is 21.8 Å². The van der Waals surface area contributed by atoms with Crippen LogP contribution >= 0.6 is 0 Å². The number of ether oxygens (including phenoxy) is 1. The lowest BCUT2D eigenvalue weighted by molar-refractivity contribution is -0.141. The molecule has 8 nitrogen and oxygen atoms in total. The number of rotatable bonds is 12. The van der Waals surface area contributed by atoms with E-state index in [1.807, 2.05) is 32.9 Å². The Morgan fingerprint density at radius 1 is 1.03 bits per heavy atom. The number of sulfonamides is 1. The molecule has 0 unspecified atom stereocenters. The van der Waals surface area contributed by atoms with Crippen LogP contribution in [0.25, 0.3) is 0 Å². The standard InChI is InChI=1S/C25H35N3O5S/c1-6-16-26-25(30)23(7-2)28(17-20-10-12-21(33-5)13-11-20)24(29)18-27(4)34(31,32)22-14-8-19(3)9-15-22/h8-15,23H,6-7,16-18H2,1-5H3,(H,26,30)/t23-/m1/s1. The first-order chi connectivity index (χ1) is 16.1. The molecule has 9 heteroatoms. The molecular formula is C25H35N3O5S. The van der Waals surface area contributed by atoms with Crippen molar-refractivity contribution in [1.82, 2.24) is 14.5 Å². The van der Waals surface area contributed by atoms with Gasteiger partial charge < -0.3 is 15.0 Å². The Bertz CT molecular complexity index is 1050. The van der Waals surface area contributed by atoms with Gasteiger partial charge in [0.05, 0.1) is 18.6 Å². The molecule has 0 aliphatic rings. The Kier molecular flexibility index (Phi) is 10.1. The van der Waals surface area contributed by atoms with Gasteiger partial charge in [0.25, 0.3) is 0 Å². The molecule has 2 amide bonds. The fourth-order valence-electron chi connectivity index (χ4n) is 3.47. The molecule has 0 saturated carbocycles. The average Bonchev–Trinajstić information content (AvgIpc) is 2.83. The number of hydrogen-bond donors (Lipinski definition) is 1. The number of benzene rings is 2. The highest BCUT2D eigenvalue weighted by molar-refractivity contribution is 7.89. The summed E-state index contributed by atoms with van der Waals surface area (Å²) in [5, 5.41) is 2.85. The first-order valence-electron chi connectivity index (χ1n) is 11.4. The Hall–Kier alpha value is -2.91. The quantitative estimate of drug-likeness (QED) is 0.495. The molecule has 2 aromatic rings.